The maximum atomic E-state index is 13.1. The van der Waals surface area contributed by atoms with E-state index in [4.69, 9.17) is 10.2 Å². The fraction of sp³-hybridized carbons (Fsp3) is 0.222. The first kappa shape index (κ1) is 25.8. The van der Waals surface area contributed by atoms with Crippen LogP contribution in [0.2, 0.25) is 0 Å². The van der Waals surface area contributed by atoms with E-state index in [9.17, 15) is 9.59 Å². The molecule has 0 aliphatic heterocycles. The zero-order valence-electron chi connectivity index (χ0n) is 21.1. The van der Waals surface area contributed by atoms with Crippen molar-refractivity contribution in [2.75, 3.05) is 32.9 Å². The summed E-state index contributed by atoms with van der Waals surface area (Å²) in [4.78, 5) is 36.5. The van der Waals surface area contributed by atoms with Gasteiger partial charge in [0.1, 0.15) is 27.6 Å². The summed E-state index contributed by atoms with van der Waals surface area (Å²) in [5.74, 6) is 0.549. The first-order valence-electron chi connectivity index (χ1n) is 12.0. The summed E-state index contributed by atoms with van der Waals surface area (Å²) < 4.78 is 8.30. The number of fused-ring (bicyclic) bond motifs is 2. The summed E-state index contributed by atoms with van der Waals surface area (Å²) in [6, 6.07) is 14.1. The lowest BCUT2D eigenvalue weighted by atomic mass is 9.94. The number of rotatable bonds is 7. The summed E-state index contributed by atoms with van der Waals surface area (Å²) in [5, 5.41) is 9.42. The SMILES string of the molecule is CC(c1oc(=O)c2ccccc2c1-c1cccc(C(=O)NCCN(C)C)c1)n1nc(I)c2c(N)ncnc21. The molecule has 1 atom stereocenters. The van der Waals surface area contributed by atoms with Gasteiger partial charge < -0.3 is 20.4 Å². The Hall–Kier alpha value is -3.84. The molecule has 0 saturated heterocycles. The second-order valence-electron chi connectivity index (χ2n) is 9.18. The van der Waals surface area contributed by atoms with Gasteiger partial charge in [0.25, 0.3) is 5.91 Å². The molecule has 10 nitrogen and oxygen atoms in total. The molecule has 1 unspecified atom stereocenters. The highest BCUT2D eigenvalue weighted by Crippen LogP contribution is 2.37. The first-order chi connectivity index (χ1) is 18.3. The van der Waals surface area contributed by atoms with E-state index < -0.39 is 11.7 Å². The quantitative estimate of drug-likeness (QED) is 0.263. The highest BCUT2D eigenvalue weighted by Gasteiger charge is 2.26. The van der Waals surface area contributed by atoms with E-state index in [1.807, 2.05) is 56.3 Å². The molecule has 0 bridgehead atoms. The van der Waals surface area contributed by atoms with Gasteiger partial charge in [0, 0.05) is 29.6 Å². The molecule has 0 aliphatic carbocycles. The predicted octanol–water partition coefficient (Wildman–Crippen LogP) is 3.69. The van der Waals surface area contributed by atoms with Crippen LogP contribution < -0.4 is 16.7 Å². The molecule has 0 saturated carbocycles. The van der Waals surface area contributed by atoms with Crippen molar-refractivity contribution in [3.63, 3.8) is 0 Å². The first-order valence-corrected chi connectivity index (χ1v) is 13.1. The second kappa shape index (κ2) is 10.5. The number of aromatic nitrogens is 4. The minimum atomic E-state index is -0.528. The number of anilines is 1. The number of amides is 1. The standard InChI is InChI=1S/C27H26IN7O3/c1-15(35-25-21(23(28)33-35)24(29)31-14-32-25)22-20(18-9-4-5-10-19(18)27(37)38-22)16-7-6-8-17(13-16)26(36)30-11-12-34(2)3/h4-10,13-15H,11-12H2,1-3H3,(H,30,36)(H2,29,31,32). The maximum Gasteiger partial charge on any atom is 0.343 e. The van der Waals surface area contributed by atoms with Crippen LogP contribution in [0.4, 0.5) is 5.82 Å². The number of nitrogen functional groups attached to an aromatic ring is 1. The molecule has 1 amide bonds. The number of likely N-dealkylation sites (N-methyl/N-ethyl adjacent to an activating group) is 1. The lowest BCUT2D eigenvalue weighted by Gasteiger charge is -2.18. The minimum Gasteiger partial charge on any atom is -0.424 e. The number of hydrogen-bond acceptors (Lipinski definition) is 8. The smallest absolute Gasteiger partial charge is 0.343 e. The Labute approximate surface area is 232 Å². The van der Waals surface area contributed by atoms with Crippen molar-refractivity contribution in [1.82, 2.24) is 30.0 Å². The summed E-state index contributed by atoms with van der Waals surface area (Å²) in [7, 11) is 3.90. The Kier molecular flexibility index (Phi) is 7.13. The van der Waals surface area contributed by atoms with E-state index in [2.05, 4.69) is 43.0 Å². The summed E-state index contributed by atoms with van der Waals surface area (Å²) in [5.41, 5.74) is 8.14. The van der Waals surface area contributed by atoms with Crippen LogP contribution in [-0.2, 0) is 0 Å². The largest absolute Gasteiger partial charge is 0.424 e. The number of hydrogen-bond donors (Lipinski definition) is 2. The summed E-state index contributed by atoms with van der Waals surface area (Å²) >= 11 is 2.09. The van der Waals surface area contributed by atoms with Crippen LogP contribution in [0, 0.1) is 3.70 Å². The van der Waals surface area contributed by atoms with Crippen molar-refractivity contribution in [2.24, 2.45) is 0 Å². The van der Waals surface area contributed by atoms with E-state index >= 15 is 0 Å². The monoisotopic (exact) mass is 623 g/mol. The average Bonchev–Trinajstić information content (AvgIpc) is 3.25. The van der Waals surface area contributed by atoms with E-state index in [0.29, 0.717) is 49.4 Å². The molecule has 11 heteroatoms. The molecule has 0 spiro atoms. The predicted molar refractivity (Wildman–Crippen MR) is 155 cm³/mol. The van der Waals surface area contributed by atoms with E-state index in [1.165, 1.54) is 6.33 Å². The third kappa shape index (κ3) is 4.74. The average molecular weight is 623 g/mol. The summed E-state index contributed by atoms with van der Waals surface area (Å²) in [6.07, 6.45) is 1.38. The molecule has 3 aromatic heterocycles. The van der Waals surface area contributed by atoms with Crippen molar-refractivity contribution < 1.29 is 9.21 Å². The molecule has 3 N–H and O–H groups in total. The Morgan fingerprint density at radius 3 is 2.68 bits per heavy atom. The van der Waals surface area contributed by atoms with Gasteiger partial charge in [-0.25, -0.2) is 19.4 Å². The lowest BCUT2D eigenvalue weighted by Crippen LogP contribution is -2.31. The van der Waals surface area contributed by atoms with Crippen LogP contribution in [0.15, 0.2) is 64.1 Å². The van der Waals surface area contributed by atoms with Crippen LogP contribution in [0.3, 0.4) is 0 Å². The highest BCUT2D eigenvalue weighted by atomic mass is 127. The zero-order chi connectivity index (χ0) is 27.0. The molecule has 3 heterocycles. The van der Waals surface area contributed by atoms with E-state index in [1.54, 1.807) is 22.9 Å². The van der Waals surface area contributed by atoms with Crippen LogP contribution in [0.25, 0.3) is 32.9 Å². The number of halogens is 1. The minimum absolute atomic E-state index is 0.176. The number of carbonyl (C=O) groups excluding carboxylic acids is 1. The topological polar surface area (TPSA) is 132 Å². The van der Waals surface area contributed by atoms with Crippen LogP contribution >= 0.6 is 22.6 Å². The lowest BCUT2D eigenvalue weighted by molar-refractivity contribution is 0.0951. The van der Waals surface area contributed by atoms with Gasteiger partial charge in [-0.2, -0.15) is 5.10 Å². The van der Waals surface area contributed by atoms with E-state index in [-0.39, 0.29) is 5.91 Å². The van der Waals surface area contributed by atoms with Crippen molar-refractivity contribution >= 4 is 56.1 Å². The fourth-order valence-electron chi connectivity index (χ4n) is 4.45. The van der Waals surface area contributed by atoms with Gasteiger partial charge >= 0.3 is 5.63 Å². The molecule has 5 aromatic rings. The Morgan fingerprint density at radius 2 is 1.92 bits per heavy atom. The molecule has 0 radical (unpaired) electrons. The van der Waals surface area contributed by atoms with Crippen LogP contribution in [0.5, 0.6) is 0 Å². The van der Waals surface area contributed by atoms with Crippen molar-refractivity contribution in [3.05, 3.63) is 80.3 Å². The number of nitrogens with two attached hydrogens (primary N) is 1. The van der Waals surface area contributed by atoms with E-state index in [0.717, 1.165) is 17.5 Å². The normalized spacial score (nSPS) is 12.3. The van der Waals surface area contributed by atoms with Crippen molar-refractivity contribution in [1.29, 1.82) is 0 Å². The van der Waals surface area contributed by atoms with Crippen LogP contribution in [-0.4, -0.2) is 57.7 Å². The van der Waals surface area contributed by atoms with Gasteiger partial charge in [0.2, 0.25) is 0 Å². The molecule has 2 aromatic carbocycles. The molecule has 38 heavy (non-hydrogen) atoms. The van der Waals surface area contributed by atoms with Gasteiger partial charge in [0.15, 0.2) is 5.65 Å². The Morgan fingerprint density at radius 1 is 1.16 bits per heavy atom. The third-order valence-electron chi connectivity index (χ3n) is 6.35. The van der Waals surface area contributed by atoms with Crippen molar-refractivity contribution in [2.45, 2.75) is 13.0 Å². The van der Waals surface area contributed by atoms with Gasteiger partial charge in [-0.15, -0.1) is 0 Å². The van der Waals surface area contributed by atoms with Gasteiger partial charge in [-0.1, -0.05) is 30.3 Å². The molecule has 0 aliphatic rings. The fourth-order valence-corrected chi connectivity index (χ4v) is 5.20. The Balaban J connectivity index is 1.68. The maximum absolute atomic E-state index is 13.1. The molecule has 5 rings (SSSR count). The number of carbonyl (C=O) groups is 1. The van der Waals surface area contributed by atoms with Gasteiger partial charge in [-0.05, 0) is 67.4 Å². The molecular formula is C27H26IN7O3. The zero-order valence-corrected chi connectivity index (χ0v) is 23.3. The Bertz CT molecular complexity index is 1730. The highest BCUT2D eigenvalue weighted by molar-refractivity contribution is 14.1. The second-order valence-corrected chi connectivity index (χ2v) is 10.2. The summed E-state index contributed by atoms with van der Waals surface area (Å²) in [6.45, 7) is 3.14. The number of benzene rings is 2. The number of nitrogens with one attached hydrogen (secondary N) is 1. The molecule has 194 valence electrons. The molecule has 0 fully saturated rings. The van der Waals surface area contributed by atoms with Gasteiger partial charge in [0.05, 0.1) is 10.8 Å². The third-order valence-corrected chi connectivity index (χ3v) is 7.10. The van der Waals surface area contributed by atoms with Gasteiger partial charge in [-0.3, -0.25) is 4.79 Å². The van der Waals surface area contributed by atoms with Crippen molar-refractivity contribution in [3.8, 4) is 11.1 Å². The number of nitrogens with zero attached hydrogens (tertiary/aromatic N) is 5. The molecular weight excluding hydrogens is 597 g/mol. The van der Waals surface area contributed by atoms with Crippen LogP contribution in [0.1, 0.15) is 29.1 Å².